The van der Waals surface area contributed by atoms with Gasteiger partial charge in [0.15, 0.2) is 5.69 Å². The van der Waals surface area contributed by atoms with Crippen molar-refractivity contribution in [2.75, 3.05) is 0 Å². The van der Waals surface area contributed by atoms with Gasteiger partial charge in [-0.25, -0.2) is 4.68 Å². The van der Waals surface area contributed by atoms with E-state index in [1.807, 2.05) is 55.0 Å². The molecular weight excluding hydrogens is 350 g/mol. The Labute approximate surface area is 165 Å². The lowest BCUT2D eigenvalue weighted by molar-refractivity contribution is 0.0682. The third-order valence-electron chi connectivity index (χ3n) is 5.47. The molecule has 1 aliphatic carbocycles. The van der Waals surface area contributed by atoms with E-state index in [-0.39, 0.29) is 11.9 Å². The molecule has 0 N–H and O–H groups in total. The zero-order chi connectivity index (χ0) is 19.8. The summed E-state index contributed by atoms with van der Waals surface area (Å²) in [6, 6.07) is 8.29. The number of carbonyl (C=O) groups is 1. The van der Waals surface area contributed by atoms with Crippen LogP contribution < -0.4 is 0 Å². The van der Waals surface area contributed by atoms with Gasteiger partial charge in [-0.3, -0.25) is 9.48 Å². The van der Waals surface area contributed by atoms with Gasteiger partial charge in [0.1, 0.15) is 0 Å². The summed E-state index contributed by atoms with van der Waals surface area (Å²) in [6.45, 7) is 6.72. The molecule has 6 heteroatoms. The molecule has 28 heavy (non-hydrogen) atoms. The van der Waals surface area contributed by atoms with Crippen molar-refractivity contribution in [2.24, 2.45) is 7.05 Å². The number of aromatic nitrogens is 4. The van der Waals surface area contributed by atoms with Crippen molar-refractivity contribution in [3.63, 3.8) is 0 Å². The van der Waals surface area contributed by atoms with Gasteiger partial charge in [-0.2, -0.15) is 10.2 Å². The number of hydrogen-bond donors (Lipinski definition) is 0. The number of nitrogens with zero attached hydrogens (tertiary/aromatic N) is 5. The van der Waals surface area contributed by atoms with Crippen molar-refractivity contribution >= 4 is 5.91 Å². The van der Waals surface area contributed by atoms with E-state index in [0.29, 0.717) is 12.2 Å². The van der Waals surface area contributed by atoms with Gasteiger partial charge in [0.25, 0.3) is 5.91 Å². The second-order valence-corrected chi connectivity index (χ2v) is 7.87. The Kier molecular flexibility index (Phi) is 4.79. The van der Waals surface area contributed by atoms with Crippen LogP contribution in [0.25, 0.3) is 5.69 Å². The predicted octanol–water partition coefficient (Wildman–Crippen LogP) is 3.45. The molecule has 0 spiro atoms. The average molecular weight is 377 g/mol. The van der Waals surface area contributed by atoms with Crippen LogP contribution >= 0.6 is 0 Å². The van der Waals surface area contributed by atoms with E-state index in [1.165, 1.54) is 5.69 Å². The highest BCUT2D eigenvalue weighted by molar-refractivity contribution is 5.94. The van der Waals surface area contributed by atoms with E-state index in [0.717, 1.165) is 41.6 Å². The number of rotatable bonds is 5. The Balaban J connectivity index is 1.73. The number of amides is 1. The SMILES string of the molecule is Cc1ccccc1-n1nc(C(=O)N(Cc2cnn(C)c2)C(C)C)c2c1CCC2. The van der Waals surface area contributed by atoms with Crippen molar-refractivity contribution in [2.45, 2.75) is 52.6 Å². The quantitative estimate of drug-likeness (QED) is 0.684. The molecule has 2 heterocycles. The molecule has 4 rings (SSSR count). The lowest BCUT2D eigenvalue weighted by Gasteiger charge is -2.25. The van der Waals surface area contributed by atoms with Crippen LogP contribution in [0.3, 0.4) is 0 Å². The first-order valence-corrected chi connectivity index (χ1v) is 9.91. The largest absolute Gasteiger partial charge is 0.330 e. The Morgan fingerprint density at radius 3 is 2.71 bits per heavy atom. The lowest BCUT2D eigenvalue weighted by atomic mass is 10.1. The van der Waals surface area contributed by atoms with Crippen LogP contribution in [0.5, 0.6) is 0 Å². The molecule has 1 aromatic carbocycles. The van der Waals surface area contributed by atoms with E-state index in [1.54, 1.807) is 4.68 Å². The number of benzene rings is 1. The fourth-order valence-corrected chi connectivity index (χ4v) is 3.98. The average Bonchev–Trinajstić information content (AvgIpc) is 3.36. The third-order valence-corrected chi connectivity index (χ3v) is 5.47. The summed E-state index contributed by atoms with van der Waals surface area (Å²) in [6.07, 6.45) is 6.73. The lowest BCUT2D eigenvalue weighted by Crippen LogP contribution is -2.37. The zero-order valence-electron chi connectivity index (χ0n) is 17.0. The monoisotopic (exact) mass is 377 g/mol. The summed E-state index contributed by atoms with van der Waals surface area (Å²) in [5, 5.41) is 9.05. The first-order chi connectivity index (χ1) is 13.5. The fourth-order valence-electron chi connectivity index (χ4n) is 3.98. The maximum atomic E-state index is 13.5. The summed E-state index contributed by atoms with van der Waals surface area (Å²) in [7, 11) is 1.89. The van der Waals surface area contributed by atoms with Crippen LogP contribution in [-0.2, 0) is 26.4 Å². The van der Waals surface area contributed by atoms with Gasteiger partial charge in [0.2, 0.25) is 0 Å². The van der Waals surface area contributed by atoms with Crippen LogP contribution in [-0.4, -0.2) is 36.4 Å². The second-order valence-electron chi connectivity index (χ2n) is 7.87. The molecule has 0 unspecified atom stereocenters. The van der Waals surface area contributed by atoms with Crippen LogP contribution in [0.1, 0.15) is 53.1 Å². The zero-order valence-corrected chi connectivity index (χ0v) is 17.0. The fraction of sp³-hybridized carbons (Fsp3) is 0.409. The van der Waals surface area contributed by atoms with Crippen molar-refractivity contribution in [1.29, 1.82) is 0 Å². The van der Waals surface area contributed by atoms with E-state index >= 15 is 0 Å². The number of hydrogen-bond acceptors (Lipinski definition) is 3. The standard InChI is InChI=1S/C22H27N5O/c1-15(2)26(14-17-12-23-25(4)13-17)22(28)21-18-9-7-11-20(18)27(24-21)19-10-6-5-8-16(19)3/h5-6,8,10,12-13,15H,7,9,11,14H2,1-4H3. The second kappa shape index (κ2) is 7.26. The molecule has 3 aromatic rings. The first-order valence-electron chi connectivity index (χ1n) is 9.91. The molecular formula is C22H27N5O. The highest BCUT2D eigenvalue weighted by Crippen LogP contribution is 2.30. The van der Waals surface area contributed by atoms with Gasteiger partial charge in [0, 0.05) is 42.7 Å². The molecule has 0 saturated carbocycles. The minimum absolute atomic E-state index is 0.00402. The van der Waals surface area contributed by atoms with E-state index < -0.39 is 0 Å². The number of aryl methyl sites for hydroxylation is 2. The number of carbonyl (C=O) groups excluding carboxylic acids is 1. The van der Waals surface area contributed by atoms with Crippen LogP contribution in [0.4, 0.5) is 0 Å². The Morgan fingerprint density at radius 2 is 2.04 bits per heavy atom. The van der Waals surface area contributed by atoms with Crippen LogP contribution in [0.15, 0.2) is 36.7 Å². The number of fused-ring (bicyclic) bond motifs is 1. The molecule has 1 amide bonds. The minimum atomic E-state index is 0.00402. The Morgan fingerprint density at radius 1 is 1.25 bits per heavy atom. The Bertz CT molecular complexity index is 1010. The summed E-state index contributed by atoms with van der Waals surface area (Å²) in [5.74, 6) is 0.00402. The predicted molar refractivity (Wildman–Crippen MR) is 109 cm³/mol. The maximum Gasteiger partial charge on any atom is 0.275 e. The smallest absolute Gasteiger partial charge is 0.275 e. The van der Waals surface area contributed by atoms with Crippen molar-refractivity contribution in [3.05, 3.63) is 64.7 Å². The van der Waals surface area contributed by atoms with Crippen molar-refractivity contribution < 1.29 is 4.79 Å². The third kappa shape index (κ3) is 3.23. The molecule has 0 radical (unpaired) electrons. The van der Waals surface area contributed by atoms with Crippen molar-refractivity contribution in [3.8, 4) is 5.69 Å². The van der Waals surface area contributed by atoms with Crippen LogP contribution in [0.2, 0.25) is 0 Å². The van der Waals surface area contributed by atoms with Gasteiger partial charge in [-0.15, -0.1) is 0 Å². The van der Waals surface area contributed by atoms with Gasteiger partial charge < -0.3 is 4.90 Å². The molecule has 0 atom stereocenters. The molecule has 0 bridgehead atoms. The highest BCUT2D eigenvalue weighted by Gasteiger charge is 2.31. The molecule has 2 aromatic heterocycles. The summed E-state index contributed by atoms with van der Waals surface area (Å²) < 4.78 is 3.76. The Hall–Kier alpha value is -2.89. The summed E-state index contributed by atoms with van der Waals surface area (Å²) >= 11 is 0. The van der Waals surface area contributed by atoms with Crippen molar-refractivity contribution in [1.82, 2.24) is 24.5 Å². The molecule has 0 aliphatic heterocycles. The molecule has 0 fully saturated rings. The minimum Gasteiger partial charge on any atom is -0.330 e. The van der Waals surface area contributed by atoms with Crippen LogP contribution in [0, 0.1) is 6.92 Å². The molecule has 0 saturated heterocycles. The summed E-state index contributed by atoms with van der Waals surface area (Å²) in [4.78, 5) is 15.4. The topological polar surface area (TPSA) is 56.0 Å². The summed E-state index contributed by atoms with van der Waals surface area (Å²) in [5.41, 5.74) is 6.15. The van der Waals surface area contributed by atoms with E-state index in [2.05, 4.69) is 24.2 Å². The van der Waals surface area contributed by atoms with Gasteiger partial charge in [-0.1, -0.05) is 18.2 Å². The molecule has 146 valence electrons. The van der Waals surface area contributed by atoms with Gasteiger partial charge in [-0.05, 0) is 51.7 Å². The van der Waals surface area contributed by atoms with E-state index in [4.69, 9.17) is 5.10 Å². The normalized spacial score (nSPS) is 13.2. The first kappa shape index (κ1) is 18.5. The van der Waals surface area contributed by atoms with E-state index in [9.17, 15) is 4.79 Å². The molecule has 6 nitrogen and oxygen atoms in total. The number of para-hydroxylation sites is 1. The maximum absolute atomic E-state index is 13.5. The van der Waals surface area contributed by atoms with Gasteiger partial charge in [0.05, 0.1) is 11.9 Å². The highest BCUT2D eigenvalue weighted by atomic mass is 16.2. The van der Waals surface area contributed by atoms with Gasteiger partial charge >= 0.3 is 0 Å². The molecule has 1 aliphatic rings.